The van der Waals surface area contributed by atoms with Gasteiger partial charge in [-0.3, -0.25) is 0 Å². The highest BCUT2D eigenvalue weighted by Crippen LogP contribution is 2.36. The van der Waals surface area contributed by atoms with E-state index in [9.17, 15) is 5.11 Å². The van der Waals surface area contributed by atoms with E-state index in [-0.39, 0.29) is 11.7 Å². The molecule has 0 bridgehead atoms. The van der Waals surface area contributed by atoms with Crippen molar-refractivity contribution < 1.29 is 19.3 Å². The van der Waals surface area contributed by atoms with Gasteiger partial charge in [-0.1, -0.05) is 17.7 Å². The second kappa shape index (κ2) is 6.13. The molecule has 2 aliphatic heterocycles. The van der Waals surface area contributed by atoms with Crippen LogP contribution in [-0.2, 0) is 9.47 Å². The monoisotopic (exact) mass is 312 g/mol. The molecule has 1 aromatic carbocycles. The lowest BCUT2D eigenvalue weighted by Crippen LogP contribution is -2.44. The molecule has 5 heteroatoms. The molecule has 2 aliphatic rings. The number of rotatable bonds is 3. The summed E-state index contributed by atoms with van der Waals surface area (Å²) in [5, 5.41) is 10.1. The lowest BCUT2D eigenvalue weighted by atomic mass is 9.91. The van der Waals surface area contributed by atoms with Crippen LogP contribution in [0.1, 0.15) is 37.9 Å². The van der Waals surface area contributed by atoms with Crippen LogP contribution in [0.4, 0.5) is 0 Å². The summed E-state index contributed by atoms with van der Waals surface area (Å²) in [7, 11) is 0. The molecule has 3 rings (SSSR count). The van der Waals surface area contributed by atoms with Crippen molar-refractivity contribution in [1.82, 2.24) is 0 Å². The molecule has 0 aliphatic carbocycles. The summed E-state index contributed by atoms with van der Waals surface area (Å²) < 4.78 is 17.4. The van der Waals surface area contributed by atoms with Gasteiger partial charge in [0.25, 0.3) is 0 Å². The topological polar surface area (TPSA) is 47.9 Å². The average Bonchev–Trinajstić information content (AvgIpc) is 2.89. The SMILES string of the molecule is C[C@@H](O)c1ccc(OC2CCOC3(CCOC3)C2)c(Cl)c1. The van der Waals surface area contributed by atoms with Gasteiger partial charge in [0.2, 0.25) is 0 Å². The third-order valence-corrected chi connectivity index (χ3v) is 4.54. The Bertz CT molecular complexity index is 497. The minimum atomic E-state index is -0.529. The van der Waals surface area contributed by atoms with Crippen LogP contribution in [-0.4, -0.2) is 36.6 Å². The molecule has 1 spiro atoms. The van der Waals surface area contributed by atoms with E-state index in [2.05, 4.69) is 0 Å². The molecule has 2 heterocycles. The molecule has 4 nitrogen and oxygen atoms in total. The predicted octanol–water partition coefficient (Wildman–Crippen LogP) is 3.11. The fourth-order valence-corrected chi connectivity index (χ4v) is 3.23. The normalized spacial score (nSPS) is 30.5. The van der Waals surface area contributed by atoms with Gasteiger partial charge in [0.15, 0.2) is 0 Å². The Balaban J connectivity index is 1.68. The second-order valence-electron chi connectivity index (χ2n) is 5.93. The van der Waals surface area contributed by atoms with Gasteiger partial charge in [0.1, 0.15) is 11.9 Å². The van der Waals surface area contributed by atoms with Crippen LogP contribution in [0, 0.1) is 0 Å². The molecule has 2 fully saturated rings. The number of benzene rings is 1. The smallest absolute Gasteiger partial charge is 0.138 e. The van der Waals surface area contributed by atoms with Crippen LogP contribution in [0.5, 0.6) is 5.75 Å². The lowest BCUT2D eigenvalue weighted by Gasteiger charge is -2.37. The average molecular weight is 313 g/mol. The molecule has 21 heavy (non-hydrogen) atoms. The maximum Gasteiger partial charge on any atom is 0.138 e. The summed E-state index contributed by atoms with van der Waals surface area (Å²) >= 11 is 6.25. The van der Waals surface area contributed by atoms with Crippen molar-refractivity contribution in [3.63, 3.8) is 0 Å². The number of aliphatic hydroxyl groups excluding tert-OH is 1. The summed E-state index contributed by atoms with van der Waals surface area (Å²) in [5.41, 5.74) is 0.620. The number of ether oxygens (including phenoxy) is 3. The van der Waals surface area contributed by atoms with Gasteiger partial charge in [0, 0.05) is 25.9 Å². The largest absolute Gasteiger partial charge is 0.489 e. The first-order valence-electron chi connectivity index (χ1n) is 7.44. The van der Waals surface area contributed by atoms with Crippen LogP contribution in [0.25, 0.3) is 0 Å². The number of hydrogen-bond acceptors (Lipinski definition) is 4. The highest BCUT2D eigenvalue weighted by Gasteiger charge is 2.41. The molecular weight excluding hydrogens is 292 g/mol. The van der Waals surface area contributed by atoms with Gasteiger partial charge in [0.05, 0.1) is 29.9 Å². The van der Waals surface area contributed by atoms with E-state index < -0.39 is 6.10 Å². The van der Waals surface area contributed by atoms with Crippen LogP contribution in [0.2, 0.25) is 5.02 Å². The molecule has 0 radical (unpaired) electrons. The Morgan fingerprint density at radius 3 is 2.95 bits per heavy atom. The maximum absolute atomic E-state index is 9.57. The summed E-state index contributed by atoms with van der Waals surface area (Å²) in [5.74, 6) is 0.669. The molecule has 2 unspecified atom stereocenters. The molecule has 2 saturated heterocycles. The minimum absolute atomic E-state index is 0.0929. The van der Waals surface area contributed by atoms with Crippen molar-refractivity contribution in [2.24, 2.45) is 0 Å². The Kier molecular flexibility index (Phi) is 4.41. The van der Waals surface area contributed by atoms with Gasteiger partial charge < -0.3 is 19.3 Å². The van der Waals surface area contributed by atoms with Crippen LogP contribution in [0.15, 0.2) is 18.2 Å². The first-order chi connectivity index (χ1) is 10.1. The highest BCUT2D eigenvalue weighted by atomic mass is 35.5. The Hall–Kier alpha value is -0.810. The lowest BCUT2D eigenvalue weighted by molar-refractivity contribution is -0.112. The third kappa shape index (κ3) is 3.34. The Morgan fingerprint density at radius 2 is 2.29 bits per heavy atom. The van der Waals surface area contributed by atoms with Crippen molar-refractivity contribution in [2.45, 2.75) is 44.0 Å². The van der Waals surface area contributed by atoms with Crippen molar-refractivity contribution >= 4 is 11.6 Å². The summed E-state index contributed by atoms with van der Waals surface area (Å²) in [6.07, 6.45) is 2.19. The number of halogens is 1. The van der Waals surface area contributed by atoms with E-state index in [4.69, 9.17) is 25.8 Å². The highest BCUT2D eigenvalue weighted by molar-refractivity contribution is 6.32. The van der Waals surface area contributed by atoms with Gasteiger partial charge in [-0.25, -0.2) is 0 Å². The fraction of sp³-hybridized carbons (Fsp3) is 0.625. The van der Waals surface area contributed by atoms with Crippen molar-refractivity contribution in [3.8, 4) is 5.75 Å². The summed E-state index contributed by atoms with van der Waals surface area (Å²) in [6.45, 7) is 3.82. The number of hydrogen-bond donors (Lipinski definition) is 1. The van der Waals surface area contributed by atoms with Crippen molar-refractivity contribution in [2.75, 3.05) is 19.8 Å². The van der Waals surface area contributed by atoms with E-state index in [1.807, 2.05) is 12.1 Å². The first-order valence-corrected chi connectivity index (χ1v) is 7.82. The zero-order valence-electron chi connectivity index (χ0n) is 12.2. The van der Waals surface area contributed by atoms with Crippen molar-refractivity contribution in [1.29, 1.82) is 0 Å². The van der Waals surface area contributed by atoms with E-state index in [0.29, 0.717) is 24.0 Å². The molecule has 0 amide bonds. The summed E-state index contributed by atoms with van der Waals surface area (Å²) in [6, 6.07) is 5.44. The van der Waals surface area contributed by atoms with Gasteiger partial charge in [-0.2, -0.15) is 0 Å². The fourth-order valence-electron chi connectivity index (χ4n) is 3.00. The Morgan fingerprint density at radius 1 is 1.43 bits per heavy atom. The van der Waals surface area contributed by atoms with E-state index in [0.717, 1.165) is 31.4 Å². The zero-order chi connectivity index (χ0) is 14.9. The van der Waals surface area contributed by atoms with Crippen LogP contribution >= 0.6 is 11.6 Å². The number of aliphatic hydroxyl groups is 1. The summed E-state index contributed by atoms with van der Waals surface area (Å²) in [4.78, 5) is 0. The first kappa shape index (κ1) is 15.1. The van der Waals surface area contributed by atoms with Gasteiger partial charge in [-0.15, -0.1) is 0 Å². The minimum Gasteiger partial charge on any atom is -0.489 e. The molecule has 0 saturated carbocycles. The van der Waals surface area contributed by atoms with Crippen LogP contribution in [0.3, 0.4) is 0 Å². The van der Waals surface area contributed by atoms with E-state index in [1.54, 1.807) is 13.0 Å². The van der Waals surface area contributed by atoms with Crippen molar-refractivity contribution in [3.05, 3.63) is 28.8 Å². The molecular formula is C16H21ClO4. The molecule has 0 aromatic heterocycles. The van der Waals surface area contributed by atoms with Gasteiger partial charge >= 0.3 is 0 Å². The molecule has 1 aromatic rings. The molecule has 116 valence electrons. The molecule has 3 atom stereocenters. The quantitative estimate of drug-likeness (QED) is 0.931. The third-order valence-electron chi connectivity index (χ3n) is 4.25. The zero-order valence-corrected chi connectivity index (χ0v) is 12.9. The standard InChI is InChI=1S/C16H21ClO4/c1-11(18)12-2-3-15(14(17)8-12)21-13-4-6-20-16(9-13)5-7-19-10-16/h2-3,8,11,13,18H,4-7,9-10H2,1H3/t11-,13?,16?/m1/s1. The maximum atomic E-state index is 9.57. The predicted molar refractivity (Wildman–Crippen MR) is 79.9 cm³/mol. The van der Waals surface area contributed by atoms with E-state index >= 15 is 0 Å². The van der Waals surface area contributed by atoms with E-state index in [1.165, 1.54) is 0 Å². The molecule has 1 N–H and O–H groups in total. The van der Waals surface area contributed by atoms with Crippen LogP contribution < -0.4 is 4.74 Å². The second-order valence-corrected chi connectivity index (χ2v) is 6.34. The van der Waals surface area contributed by atoms with Gasteiger partial charge in [-0.05, 0) is 24.6 Å². The Labute approximate surface area is 130 Å².